The minimum absolute atomic E-state index is 0.0708. The zero-order valence-corrected chi connectivity index (χ0v) is 17.3. The van der Waals surface area contributed by atoms with Crippen LogP contribution in [-0.2, 0) is 16.0 Å². The van der Waals surface area contributed by atoms with Crippen molar-refractivity contribution in [1.29, 1.82) is 0 Å². The Balaban J connectivity index is 1.52. The molecule has 164 valence electrons. The largest absolute Gasteiger partial charge is 0.484 e. The Hall–Kier alpha value is -3.14. The van der Waals surface area contributed by atoms with E-state index in [-0.39, 0.29) is 18.1 Å². The number of alkyl halides is 3. The molecule has 1 aromatic heterocycles. The molecule has 0 aliphatic rings. The molecule has 0 aliphatic heterocycles. The number of benzene rings is 2. The number of rotatable bonds is 9. The van der Waals surface area contributed by atoms with Crippen molar-refractivity contribution < 1.29 is 32.2 Å². The van der Waals surface area contributed by atoms with Gasteiger partial charge in [0, 0.05) is 6.42 Å². The first-order valence-corrected chi connectivity index (χ1v) is 10.1. The highest BCUT2D eigenvalue weighted by Crippen LogP contribution is 2.30. The van der Waals surface area contributed by atoms with E-state index >= 15 is 0 Å². The quantitative estimate of drug-likeness (QED) is 0.506. The molecule has 1 amide bonds. The van der Waals surface area contributed by atoms with E-state index in [1.807, 2.05) is 12.1 Å². The van der Waals surface area contributed by atoms with Gasteiger partial charge in [0.15, 0.2) is 18.3 Å². The second kappa shape index (κ2) is 9.78. The number of fused-ring (bicyclic) bond motifs is 1. The van der Waals surface area contributed by atoms with Crippen LogP contribution in [0.3, 0.4) is 0 Å². The average Bonchev–Trinajstić information content (AvgIpc) is 3.10. The normalized spacial score (nSPS) is 11.4. The smallest absolute Gasteiger partial charge is 0.422 e. The second-order valence-corrected chi connectivity index (χ2v) is 7.77. The number of aromatic nitrogens is 1. The summed E-state index contributed by atoms with van der Waals surface area (Å²) in [7, 11) is 0. The number of carbonyl (C=O) groups is 2. The topological polar surface area (TPSA) is 77.5 Å². The van der Waals surface area contributed by atoms with Gasteiger partial charge >= 0.3 is 6.18 Å². The maximum Gasteiger partial charge on any atom is 0.422 e. The summed E-state index contributed by atoms with van der Waals surface area (Å²) in [6, 6.07) is 11.5. The first-order valence-electron chi connectivity index (χ1n) is 9.29. The molecule has 0 fully saturated rings. The van der Waals surface area contributed by atoms with Gasteiger partial charge in [0.1, 0.15) is 17.3 Å². The number of ether oxygens (including phenoxy) is 2. The number of nitrogens with one attached hydrogen (secondary N) is 1. The summed E-state index contributed by atoms with van der Waals surface area (Å²) in [5.74, 6) is 0.282. The molecular weight excluding hydrogens is 433 g/mol. The van der Waals surface area contributed by atoms with E-state index in [1.165, 1.54) is 18.2 Å². The lowest BCUT2D eigenvalue weighted by Crippen LogP contribution is -2.20. The molecule has 3 aromatic rings. The number of thiazole rings is 1. The predicted molar refractivity (Wildman–Crippen MR) is 111 cm³/mol. The summed E-state index contributed by atoms with van der Waals surface area (Å²) >= 11 is 1.12. The molecule has 0 spiro atoms. The average molecular weight is 452 g/mol. The van der Waals surface area contributed by atoms with E-state index in [1.54, 1.807) is 19.1 Å². The molecule has 2 aromatic carbocycles. The minimum Gasteiger partial charge on any atom is -0.484 e. The summed E-state index contributed by atoms with van der Waals surface area (Å²) < 4.78 is 47.6. The predicted octanol–water partition coefficient (Wildman–Crippen LogP) is 4.78. The zero-order valence-electron chi connectivity index (χ0n) is 16.5. The molecule has 31 heavy (non-hydrogen) atoms. The van der Waals surface area contributed by atoms with E-state index in [4.69, 9.17) is 9.47 Å². The van der Waals surface area contributed by atoms with Gasteiger partial charge in [0.2, 0.25) is 0 Å². The van der Waals surface area contributed by atoms with E-state index in [2.05, 4.69) is 10.3 Å². The van der Waals surface area contributed by atoms with Crippen LogP contribution in [0.5, 0.6) is 11.5 Å². The summed E-state index contributed by atoms with van der Waals surface area (Å²) in [6.45, 7) is -0.0687. The van der Waals surface area contributed by atoms with Gasteiger partial charge in [-0.1, -0.05) is 23.5 Å². The highest BCUT2D eigenvalue weighted by atomic mass is 32.1. The monoisotopic (exact) mass is 452 g/mol. The lowest BCUT2D eigenvalue weighted by molar-refractivity contribution is -0.153. The minimum atomic E-state index is -4.42. The summed E-state index contributed by atoms with van der Waals surface area (Å²) in [4.78, 5) is 27.4. The summed E-state index contributed by atoms with van der Waals surface area (Å²) in [5.41, 5.74) is 1.53. The molecule has 10 heteroatoms. The van der Waals surface area contributed by atoms with Gasteiger partial charge in [-0.15, -0.1) is 0 Å². The molecule has 3 rings (SSSR count). The summed E-state index contributed by atoms with van der Waals surface area (Å²) in [6.07, 6.45) is -3.30. The van der Waals surface area contributed by atoms with Gasteiger partial charge in [-0.2, -0.15) is 13.2 Å². The number of nitrogens with zero attached hydrogens (tertiary/aromatic N) is 1. The maximum absolute atomic E-state index is 12.3. The number of hydrogen-bond acceptors (Lipinski definition) is 6. The van der Waals surface area contributed by atoms with Crippen LogP contribution in [0, 0.1) is 0 Å². The van der Waals surface area contributed by atoms with Crippen molar-refractivity contribution >= 4 is 38.4 Å². The molecule has 0 saturated carbocycles. The molecule has 0 aliphatic carbocycles. The van der Waals surface area contributed by atoms with E-state index in [9.17, 15) is 22.8 Å². The highest BCUT2D eigenvalue weighted by Gasteiger charge is 2.28. The number of Topliss-reactive ketones (excluding diaryl/α,β-unsaturated/α-hetero) is 1. The molecule has 1 N–H and O–H groups in total. The molecule has 0 bridgehead atoms. The van der Waals surface area contributed by atoms with Crippen LogP contribution in [0.15, 0.2) is 42.5 Å². The van der Waals surface area contributed by atoms with E-state index in [0.29, 0.717) is 33.9 Å². The van der Waals surface area contributed by atoms with Crippen molar-refractivity contribution in [3.63, 3.8) is 0 Å². The first kappa shape index (κ1) is 22.5. The standard InChI is InChI=1S/C21H19F3N2O4S/c1-13(27)2-3-14-4-6-15(7-5-14)29-11-19(28)26-20-25-17-9-8-16(10-18(17)31-20)30-12-21(22,23)24/h4-10H,2-3,11-12H2,1H3,(H,25,26,28). The van der Waals surface area contributed by atoms with Gasteiger partial charge in [0.05, 0.1) is 10.2 Å². The maximum atomic E-state index is 12.3. The van der Waals surface area contributed by atoms with Crippen molar-refractivity contribution in [2.45, 2.75) is 25.9 Å². The van der Waals surface area contributed by atoms with Crippen molar-refractivity contribution in [3.05, 3.63) is 48.0 Å². The van der Waals surface area contributed by atoms with Gasteiger partial charge in [-0.3, -0.25) is 10.1 Å². The van der Waals surface area contributed by atoms with E-state index in [0.717, 1.165) is 16.9 Å². The van der Waals surface area contributed by atoms with E-state index < -0.39 is 18.7 Å². The number of carbonyl (C=O) groups excluding carboxylic acids is 2. The lowest BCUT2D eigenvalue weighted by Gasteiger charge is -2.08. The van der Waals surface area contributed by atoms with Crippen LogP contribution in [0.2, 0.25) is 0 Å². The molecule has 0 atom stereocenters. The lowest BCUT2D eigenvalue weighted by atomic mass is 10.1. The molecule has 0 saturated heterocycles. The van der Waals surface area contributed by atoms with Crippen LogP contribution in [0.1, 0.15) is 18.9 Å². The Morgan fingerprint density at radius 1 is 1.06 bits per heavy atom. The van der Waals surface area contributed by atoms with Crippen LogP contribution < -0.4 is 14.8 Å². The Morgan fingerprint density at radius 3 is 2.45 bits per heavy atom. The van der Waals surface area contributed by atoms with Crippen molar-refractivity contribution in [2.24, 2.45) is 0 Å². The van der Waals surface area contributed by atoms with Crippen LogP contribution in [-0.4, -0.2) is 36.1 Å². The molecule has 6 nitrogen and oxygen atoms in total. The zero-order chi connectivity index (χ0) is 22.4. The third kappa shape index (κ3) is 7.25. The number of ketones is 1. The Kier molecular flexibility index (Phi) is 7.11. The fraction of sp³-hybridized carbons (Fsp3) is 0.286. The Labute approximate surface area is 180 Å². The number of amides is 1. The Morgan fingerprint density at radius 2 is 1.77 bits per heavy atom. The molecular formula is C21H19F3N2O4S. The fourth-order valence-electron chi connectivity index (χ4n) is 2.59. The van der Waals surface area contributed by atoms with Gasteiger partial charge in [0.25, 0.3) is 5.91 Å². The Bertz CT molecular complexity index is 1060. The molecule has 0 radical (unpaired) electrons. The third-order valence-electron chi connectivity index (χ3n) is 4.07. The van der Waals surface area contributed by atoms with Crippen molar-refractivity contribution in [2.75, 3.05) is 18.5 Å². The van der Waals surface area contributed by atoms with Crippen LogP contribution in [0.4, 0.5) is 18.3 Å². The van der Waals surface area contributed by atoms with Crippen LogP contribution >= 0.6 is 11.3 Å². The second-order valence-electron chi connectivity index (χ2n) is 6.74. The number of hydrogen-bond donors (Lipinski definition) is 1. The number of aryl methyl sites for hydroxylation is 1. The number of halogens is 3. The number of anilines is 1. The van der Waals surface area contributed by atoms with Gasteiger partial charge in [-0.25, -0.2) is 4.98 Å². The molecule has 0 unspecified atom stereocenters. The third-order valence-corrected chi connectivity index (χ3v) is 5.00. The highest BCUT2D eigenvalue weighted by molar-refractivity contribution is 7.22. The molecule has 1 heterocycles. The SMILES string of the molecule is CC(=O)CCc1ccc(OCC(=O)Nc2nc3ccc(OCC(F)(F)F)cc3s2)cc1. The van der Waals surface area contributed by atoms with Gasteiger partial charge in [-0.05, 0) is 49.2 Å². The van der Waals surface area contributed by atoms with Gasteiger partial charge < -0.3 is 14.3 Å². The van der Waals surface area contributed by atoms with Crippen molar-refractivity contribution in [3.8, 4) is 11.5 Å². The van der Waals surface area contributed by atoms with Crippen LogP contribution in [0.25, 0.3) is 10.2 Å². The van der Waals surface area contributed by atoms with Crippen molar-refractivity contribution in [1.82, 2.24) is 4.98 Å². The summed E-state index contributed by atoms with van der Waals surface area (Å²) in [5, 5.41) is 2.91. The fourth-order valence-corrected chi connectivity index (χ4v) is 3.50. The first-order chi connectivity index (χ1) is 14.7.